The Bertz CT molecular complexity index is 1200. The zero-order valence-electron chi connectivity index (χ0n) is 19.5. The van der Waals surface area contributed by atoms with E-state index in [0.29, 0.717) is 5.82 Å². The van der Waals surface area contributed by atoms with Gasteiger partial charge in [-0.2, -0.15) is 0 Å². The van der Waals surface area contributed by atoms with E-state index >= 15 is 0 Å². The Kier molecular flexibility index (Phi) is 9.54. The third-order valence-electron chi connectivity index (χ3n) is 5.00. The summed E-state index contributed by atoms with van der Waals surface area (Å²) < 4.78 is 0. The predicted molar refractivity (Wildman–Crippen MR) is 133 cm³/mol. The van der Waals surface area contributed by atoms with E-state index in [-0.39, 0.29) is 23.1 Å². The van der Waals surface area contributed by atoms with Crippen molar-refractivity contribution in [1.82, 2.24) is 9.97 Å². The highest BCUT2D eigenvalue weighted by Gasteiger charge is 2.08. The Labute approximate surface area is 189 Å². The summed E-state index contributed by atoms with van der Waals surface area (Å²) in [6.07, 6.45) is 15.2. The molecule has 0 aromatic carbocycles. The van der Waals surface area contributed by atoms with Crippen LogP contribution in [0, 0.1) is 0 Å². The third kappa shape index (κ3) is 7.01. The van der Waals surface area contributed by atoms with Crippen LogP contribution in [-0.4, -0.2) is 28.1 Å². The molecular weight excluding hydrogens is 400 g/mol. The lowest BCUT2D eigenvalue weighted by Gasteiger charge is -2.07. The average Bonchev–Trinajstić information content (AvgIpc) is 2.79. The number of anilines is 1. The van der Waals surface area contributed by atoms with Crippen LogP contribution in [0.4, 0.5) is 5.82 Å². The van der Waals surface area contributed by atoms with E-state index in [1.807, 2.05) is 38.3 Å². The van der Waals surface area contributed by atoms with E-state index < -0.39 is 0 Å². The summed E-state index contributed by atoms with van der Waals surface area (Å²) in [7, 11) is 0. The lowest BCUT2D eigenvalue weighted by molar-refractivity contribution is 0.102. The fourth-order valence-corrected chi connectivity index (χ4v) is 2.97. The molecular formula is C26H32N4O2. The van der Waals surface area contributed by atoms with Gasteiger partial charge in [-0.3, -0.25) is 14.6 Å². The molecule has 6 nitrogen and oxygen atoms in total. The second-order valence-electron chi connectivity index (χ2n) is 7.37. The molecule has 2 heterocycles. The Morgan fingerprint density at radius 3 is 2.56 bits per heavy atom. The summed E-state index contributed by atoms with van der Waals surface area (Å²) in [6.45, 7) is 10.3. The fourth-order valence-electron chi connectivity index (χ4n) is 2.97. The number of hydrogen-bond donors (Lipinski definition) is 2. The zero-order chi connectivity index (χ0) is 23.5. The van der Waals surface area contributed by atoms with Crippen LogP contribution in [0.1, 0.15) is 57.8 Å². The number of aromatic nitrogens is 2. The van der Waals surface area contributed by atoms with E-state index in [4.69, 9.17) is 0 Å². The molecule has 2 aromatic heterocycles. The molecule has 0 aliphatic heterocycles. The first-order chi connectivity index (χ1) is 15.4. The highest BCUT2D eigenvalue weighted by molar-refractivity contribution is 6.03. The Balaban J connectivity index is 2.47. The number of nitrogens with one attached hydrogen (secondary N) is 2. The number of nitrogens with zero attached hydrogens (tertiary/aromatic N) is 2. The Hall–Kier alpha value is -3.54. The van der Waals surface area contributed by atoms with E-state index in [0.717, 1.165) is 34.4 Å². The number of carbonyl (C=O) groups is 1. The van der Waals surface area contributed by atoms with E-state index in [9.17, 15) is 9.59 Å². The van der Waals surface area contributed by atoms with Gasteiger partial charge in [0, 0.05) is 36.3 Å². The standard InChI is InChI=1S/C26H32N4O2/c1-6-10-22-17-29-24(30-26(32)21-11-12-27-25(31)15-21)14-23(22)13-19(8-3)20(9-4)16-28-18(5)7-2/h8-18H,6-7H2,1-5H3,(H,27,31)(H,30,32)/b19-8+,20-9+,22-10+,23-13-,28-16?/t18-/m0/s1. The summed E-state index contributed by atoms with van der Waals surface area (Å²) in [5.74, 6) is 0.0309. The minimum Gasteiger partial charge on any atom is -0.329 e. The summed E-state index contributed by atoms with van der Waals surface area (Å²) >= 11 is 0. The van der Waals surface area contributed by atoms with Crippen LogP contribution in [0.25, 0.3) is 12.2 Å². The van der Waals surface area contributed by atoms with Gasteiger partial charge in [-0.05, 0) is 73.4 Å². The highest BCUT2D eigenvalue weighted by Crippen LogP contribution is 2.11. The number of carbonyl (C=O) groups excluding carboxylic acids is 1. The molecule has 2 rings (SSSR count). The third-order valence-corrected chi connectivity index (χ3v) is 5.00. The molecule has 0 aliphatic carbocycles. The molecule has 6 heteroatoms. The van der Waals surface area contributed by atoms with Gasteiger partial charge in [-0.1, -0.05) is 32.1 Å². The number of amides is 1. The normalized spacial score (nSPS) is 14.8. The van der Waals surface area contributed by atoms with Crippen molar-refractivity contribution in [3.8, 4) is 0 Å². The molecule has 0 saturated heterocycles. The highest BCUT2D eigenvalue weighted by atomic mass is 16.2. The van der Waals surface area contributed by atoms with Gasteiger partial charge in [0.05, 0.1) is 0 Å². The molecule has 0 saturated carbocycles. The number of aromatic amines is 1. The molecule has 0 bridgehead atoms. The molecule has 1 amide bonds. The molecule has 2 N–H and O–H groups in total. The molecule has 0 unspecified atom stereocenters. The van der Waals surface area contributed by atoms with Gasteiger partial charge >= 0.3 is 0 Å². The van der Waals surface area contributed by atoms with Gasteiger partial charge in [-0.15, -0.1) is 0 Å². The quantitative estimate of drug-likeness (QED) is 0.492. The lowest BCUT2D eigenvalue weighted by atomic mass is 10.0. The first-order valence-corrected chi connectivity index (χ1v) is 11.0. The summed E-state index contributed by atoms with van der Waals surface area (Å²) in [6, 6.07) is 4.92. The van der Waals surface area contributed by atoms with Gasteiger partial charge in [0.1, 0.15) is 5.82 Å². The number of hydrogen-bond acceptors (Lipinski definition) is 4. The maximum Gasteiger partial charge on any atom is 0.257 e. The molecule has 168 valence electrons. The van der Waals surface area contributed by atoms with Crippen molar-refractivity contribution in [2.45, 2.75) is 53.5 Å². The van der Waals surface area contributed by atoms with Gasteiger partial charge < -0.3 is 10.3 Å². The summed E-state index contributed by atoms with van der Waals surface area (Å²) in [5, 5.41) is 4.70. The SMILES string of the molecule is C/C=C(C=N[C@@H](C)CC)/C(/C=c1/cc(NC(=O)c2cc[nH]c(=O)c2)nc/c1=C\CC)=C/C. The largest absolute Gasteiger partial charge is 0.329 e. The maximum atomic E-state index is 12.5. The van der Waals surface area contributed by atoms with Crippen molar-refractivity contribution < 1.29 is 4.79 Å². The second-order valence-corrected chi connectivity index (χ2v) is 7.37. The van der Waals surface area contributed by atoms with Crippen molar-refractivity contribution in [2.75, 3.05) is 5.32 Å². The Morgan fingerprint density at radius 2 is 1.94 bits per heavy atom. The van der Waals surface area contributed by atoms with Crippen LogP contribution in [0.15, 0.2) is 63.7 Å². The summed E-state index contributed by atoms with van der Waals surface area (Å²) in [4.78, 5) is 35.5. The molecule has 32 heavy (non-hydrogen) atoms. The van der Waals surface area contributed by atoms with Crippen LogP contribution in [0.5, 0.6) is 0 Å². The topological polar surface area (TPSA) is 87.2 Å². The average molecular weight is 433 g/mol. The summed E-state index contributed by atoms with van der Waals surface area (Å²) in [5.41, 5.74) is 2.00. The van der Waals surface area contributed by atoms with Crippen LogP contribution >= 0.6 is 0 Å². The Morgan fingerprint density at radius 1 is 1.19 bits per heavy atom. The van der Waals surface area contributed by atoms with Crippen LogP contribution in [0.2, 0.25) is 0 Å². The molecule has 0 radical (unpaired) electrons. The van der Waals surface area contributed by atoms with Crippen molar-refractivity contribution >= 4 is 30.1 Å². The number of allylic oxidation sites excluding steroid dienone is 4. The molecule has 0 fully saturated rings. The molecule has 1 atom stereocenters. The zero-order valence-corrected chi connectivity index (χ0v) is 19.5. The van der Waals surface area contributed by atoms with Gasteiger partial charge in [0.2, 0.25) is 5.56 Å². The fraction of sp³-hybridized carbons (Fsp3) is 0.308. The lowest BCUT2D eigenvalue weighted by Crippen LogP contribution is -2.27. The van der Waals surface area contributed by atoms with Gasteiger partial charge in [-0.25, -0.2) is 4.98 Å². The minimum absolute atomic E-state index is 0.264. The van der Waals surface area contributed by atoms with E-state index in [1.54, 1.807) is 12.3 Å². The van der Waals surface area contributed by atoms with Crippen LogP contribution in [0.3, 0.4) is 0 Å². The van der Waals surface area contributed by atoms with Crippen LogP contribution < -0.4 is 21.3 Å². The second kappa shape index (κ2) is 12.3. The smallest absolute Gasteiger partial charge is 0.257 e. The van der Waals surface area contributed by atoms with Gasteiger partial charge in [0.15, 0.2) is 0 Å². The van der Waals surface area contributed by atoms with E-state index in [2.05, 4.69) is 53.2 Å². The van der Waals surface area contributed by atoms with E-state index in [1.165, 1.54) is 12.3 Å². The number of rotatable bonds is 8. The number of H-pyrrole nitrogens is 1. The molecule has 2 aromatic rings. The first kappa shape index (κ1) is 24.7. The van der Waals surface area contributed by atoms with Crippen molar-refractivity contribution in [3.63, 3.8) is 0 Å². The van der Waals surface area contributed by atoms with Gasteiger partial charge in [0.25, 0.3) is 5.91 Å². The maximum absolute atomic E-state index is 12.5. The molecule has 0 aliphatic rings. The van der Waals surface area contributed by atoms with Crippen molar-refractivity contribution in [2.24, 2.45) is 4.99 Å². The first-order valence-electron chi connectivity index (χ1n) is 11.0. The van der Waals surface area contributed by atoms with Crippen molar-refractivity contribution in [1.29, 1.82) is 0 Å². The monoisotopic (exact) mass is 432 g/mol. The number of pyridine rings is 2. The molecule has 0 spiro atoms. The van der Waals surface area contributed by atoms with Crippen molar-refractivity contribution in [3.05, 3.63) is 80.2 Å². The van der Waals surface area contributed by atoms with Crippen LogP contribution in [-0.2, 0) is 0 Å². The minimum atomic E-state index is -0.386. The predicted octanol–water partition coefficient (Wildman–Crippen LogP) is 3.76. The number of aliphatic imine (C=N–C) groups is 1.